The molecule has 1 aliphatic rings. The van der Waals surface area contributed by atoms with Crippen LogP contribution in [0.5, 0.6) is 0 Å². The highest BCUT2D eigenvalue weighted by Crippen LogP contribution is 2.36. The molecular formula is C16H26N2O2S. The van der Waals surface area contributed by atoms with Gasteiger partial charge in [-0.05, 0) is 48.4 Å². The highest BCUT2D eigenvalue weighted by molar-refractivity contribution is 7.89. The molecule has 0 spiro atoms. The van der Waals surface area contributed by atoms with Crippen molar-refractivity contribution in [1.29, 1.82) is 0 Å². The van der Waals surface area contributed by atoms with Crippen LogP contribution in [0.25, 0.3) is 0 Å². The molecule has 1 saturated carbocycles. The Labute approximate surface area is 128 Å². The van der Waals surface area contributed by atoms with Gasteiger partial charge in [0.2, 0.25) is 10.0 Å². The summed E-state index contributed by atoms with van der Waals surface area (Å²) < 4.78 is 28.1. The maximum atomic E-state index is 12.6. The summed E-state index contributed by atoms with van der Waals surface area (Å²) in [5, 5.41) is 0. The molecule has 0 aliphatic heterocycles. The highest BCUT2D eigenvalue weighted by atomic mass is 32.2. The predicted octanol–water partition coefficient (Wildman–Crippen LogP) is 2.70. The summed E-state index contributed by atoms with van der Waals surface area (Å²) in [5.74, 6) is 0. The van der Waals surface area contributed by atoms with Crippen molar-refractivity contribution in [3.8, 4) is 0 Å². The largest absolute Gasteiger partial charge is 0.326 e. The molecule has 1 aromatic carbocycles. The predicted molar refractivity (Wildman–Crippen MR) is 85.4 cm³/mol. The average Bonchev–Trinajstić information content (AvgIpc) is 2.41. The topological polar surface area (TPSA) is 72.2 Å². The zero-order chi connectivity index (χ0) is 15.7. The first-order valence-corrected chi connectivity index (χ1v) is 9.06. The smallest absolute Gasteiger partial charge is 0.240 e. The Morgan fingerprint density at radius 1 is 1.33 bits per heavy atom. The summed E-state index contributed by atoms with van der Waals surface area (Å²) in [7, 11) is -3.47. The van der Waals surface area contributed by atoms with Crippen LogP contribution in [0.15, 0.2) is 23.1 Å². The minimum absolute atomic E-state index is 0.00532. The lowest BCUT2D eigenvalue weighted by Gasteiger charge is -2.38. The summed E-state index contributed by atoms with van der Waals surface area (Å²) in [6.07, 6.45) is 4.23. The van der Waals surface area contributed by atoms with Crippen LogP contribution in [0.1, 0.15) is 50.7 Å². The summed E-state index contributed by atoms with van der Waals surface area (Å²) in [4.78, 5) is 0.332. The van der Waals surface area contributed by atoms with Gasteiger partial charge in [0, 0.05) is 12.6 Å². The van der Waals surface area contributed by atoms with Crippen LogP contribution in [0.3, 0.4) is 0 Å². The third-order valence-corrected chi connectivity index (χ3v) is 6.12. The van der Waals surface area contributed by atoms with Crippen LogP contribution in [0.2, 0.25) is 0 Å². The van der Waals surface area contributed by atoms with E-state index in [0.29, 0.717) is 11.4 Å². The Morgan fingerprint density at radius 3 is 2.62 bits per heavy atom. The van der Waals surface area contributed by atoms with Crippen LogP contribution in [-0.2, 0) is 16.6 Å². The molecule has 3 N–H and O–H groups in total. The molecule has 5 heteroatoms. The van der Waals surface area contributed by atoms with E-state index in [0.717, 1.165) is 30.4 Å². The number of nitrogens with two attached hydrogens (primary N) is 1. The lowest BCUT2D eigenvalue weighted by atomic mass is 9.74. The number of aryl methyl sites for hydroxylation is 1. The molecule has 0 radical (unpaired) electrons. The van der Waals surface area contributed by atoms with Crippen LogP contribution in [-0.4, -0.2) is 14.5 Å². The molecule has 0 saturated heterocycles. The second-order valence-electron chi connectivity index (χ2n) is 6.70. The van der Waals surface area contributed by atoms with Gasteiger partial charge in [-0.3, -0.25) is 0 Å². The van der Waals surface area contributed by atoms with E-state index in [4.69, 9.17) is 5.73 Å². The van der Waals surface area contributed by atoms with E-state index in [-0.39, 0.29) is 11.5 Å². The normalized spacial score (nSPS) is 22.2. The molecule has 0 aromatic heterocycles. The zero-order valence-corrected chi connectivity index (χ0v) is 14.0. The van der Waals surface area contributed by atoms with Gasteiger partial charge in [0.05, 0.1) is 4.90 Å². The molecule has 1 aliphatic carbocycles. The van der Waals surface area contributed by atoms with Gasteiger partial charge in [-0.15, -0.1) is 0 Å². The summed E-state index contributed by atoms with van der Waals surface area (Å²) >= 11 is 0. The van der Waals surface area contributed by atoms with Gasteiger partial charge in [-0.2, -0.15) is 0 Å². The van der Waals surface area contributed by atoms with Crippen LogP contribution in [0.4, 0.5) is 0 Å². The molecule has 4 nitrogen and oxygen atoms in total. The van der Waals surface area contributed by atoms with Gasteiger partial charge in [-0.25, -0.2) is 13.1 Å². The van der Waals surface area contributed by atoms with E-state index in [1.165, 1.54) is 6.42 Å². The average molecular weight is 310 g/mol. The summed E-state index contributed by atoms with van der Waals surface area (Å²) in [6, 6.07) is 5.16. The van der Waals surface area contributed by atoms with E-state index in [2.05, 4.69) is 18.6 Å². The number of nitrogens with one attached hydrogen (secondary N) is 1. The monoisotopic (exact) mass is 310 g/mol. The summed E-state index contributed by atoms with van der Waals surface area (Å²) in [6.45, 7) is 6.60. The van der Waals surface area contributed by atoms with Gasteiger partial charge in [-0.1, -0.05) is 32.8 Å². The van der Waals surface area contributed by atoms with Gasteiger partial charge in [0.15, 0.2) is 0 Å². The minimum Gasteiger partial charge on any atom is -0.326 e. The number of benzene rings is 1. The molecular weight excluding hydrogens is 284 g/mol. The number of rotatable bonds is 4. The molecule has 21 heavy (non-hydrogen) atoms. The lowest BCUT2D eigenvalue weighted by Crippen LogP contribution is -2.46. The van der Waals surface area contributed by atoms with Crippen LogP contribution >= 0.6 is 0 Å². The molecule has 118 valence electrons. The molecule has 0 amide bonds. The fraction of sp³-hybridized carbons (Fsp3) is 0.625. The van der Waals surface area contributed by atoms with Gasteiger partial charge in [0.25, 0.3) is 0 Å². The Bertz CT molecular complexity index is 609. The second-order valence-corrected chi connectivity index (χ2v) is 8.41. The standard InChI is InChI=1S/C16H26N2O2S/c1-12-10-14(8-7-13(12)11-17)21(19,20)18-15-6-4-5-9-16(15,2)3/h7-8,10,15,18H,4-6,9,11,17H2,1-3H3. The molecule has 1 fully saturated rings. The second kappa shape index (κ2) is 6.07. The first-order valence-electron chi connectivity index (χ1n) is 7.58. The number of hydrogen-bond acceptors (Lipinski definition) is 3. The number of sulfonamides is 1. The van der Waals surface area contributed by atoms with E-state index >= 15 is 0 Å². The molecule has 1 atom stereocenters. The highest BCUT2D eigenvalue weighted by Gasteiger charge is 2.35. The van der Waals surface area contributed by atoms with Crippen molar-refractivity contribution in [3.05, 3.63) is 29.3 Å². The van der Waals surface area contributed by atoms with Crippen molar-refractivity contribution in [2.75, 3.05) is 0 Å². The van der Waals surface area contributed by atoms with Crippen molar-refractivity contribution >= 4 is 10.0 Å². The molecule has 2 rings (SSSR count). The fourth-order valence-corrected chi connectivity index (χ4v) is 4.56. The number of hydrogen-bond donors (Lipinski definition) is 2. The van der Waals surface area contributed by atoms with Gasteiger partial charge >= 0.3 is 0 Å². The molecule has 0 bridgehead atoms. The first kappa shape index (κ1) is 16.5. The van der Waals surface area contributed by atoms with Crippen molar-refractivity contribution in [2.45, 2.75) is 63.9 Å². The first-order chi connectivity index (χ1) is 9.76. The molecule has 0 heterocycles. The van der Waals surface area contributed by atoms with E-state index < -0.39 is 10.0 Å². The zero-order valence-electron chi connectivity index (χ0n) is 13.1. The molecule has 1 unspecified atom stereocenters. The fourth-order valence-electron chi connectivity index (χ4n) is 3.03. The summed E-state index contributed by atoms with van der Waals surface area (Å²) in [5.41, 5.74) is 7.54. The van der Waals surface area contributed by atoms with E-state index in [1.807, 2.05) is 6.92 Å². The Kier molecular flexibility index (Phi) is 4.76. The molecule has 1 aromatic rings. The Balaban J connectivity index is 2.24. The minimum atomic E-state index is -3.47. The van der Waals surface area contributed by atoms with Crippen molar-refractivity contribution in [3.63, 3.8) is 0 Å². The van der Waals surface area contributed by atoms with Crippen molar-refractivity contribution < 1.29 is 8.42 Å². The van der Waals surface area contributed by atoms with Crippen LogP contribution in [0, 0.1) is 12.3 Å². The third kappa shape index (κ3) is 3.65. The Hall–Kier alpha value is -0.910. The maximum absolute atomic E-state index is 12.6. The van der Waals surface area contributed by atoms with E-state index in [9.17, 15) is 8.42 Å². The maximum Gasteiger partial charge on any atom is 0.240 e. The quantitative estimate of drug-likeness (QED) is 0.898. The third-order valence-electron chi connectivity index (χ3n) is 4.65. The lowest BCUT2D eigenvalue weighted by molar-refractivity contribution is 0.188. The van der Waals surface area contributed by atoms with Crippen molar-refractivity contribution in [2.24, 2.45) is 11.1 Å². The van der Waals surface area contributed by atoms with Gasteiger partial charge < -0.3 is 5.73 Å². The van der Waals surface area contributed by atoms with E-state index in [1.54, 1.807) is 18.2 Å². The van der Waals surface area contributed by atoms with Crippen molar-refractivity contribution in [1.82, 2.24) is 4.72 Å². The van der Waals surface area contributed by atoms with Crippen LogP contribution < -0.4 is 10.5 Å². The SMILES string of the molecule is Cc1cc(S(=O)(=O)NC2CCCCC2(C)C)ccc1CN. The van der Waals surface area contributed by atoms with Gasteiger partial charge in [0.1, 0.15) is 0 Å². The Morgan fingerprint density at radius 2 is 2.05 bits per heavy atom.